The smallest absolute Gasteiger partial charge is 0.329 e. The average molecular weight is 360 g/mol. The molecule has 6 heteroatoms. The van der Waals surface area contributed by atoms with Crippen LogP contribution in [0.4, 0.5) is 0 Å². The molecule has 0 saturated heterocycles. The largest absolute Gasteiger partial charge is 0.480 e. The van der Waals surface area contributed by atoms with E-state index in [2.05, 4.69) is 6.92 Å². The van der Waals surface area contributed by atoms with Crippen molar-refractivity contribution in [1.29, 1.82) is 0 Å². The van der Waals surface area contributed by atoms with Gasteiger partial charge in [-0.25, -0.2) is 4.79 Å². The van der Waals surface area contributed by atoms with Crippen LogP contribution in [-0.2, 0) is 9.53 Å². The molecule has 0 radical (unpaired) electrons. The molecule has 0 amide bonds. The van der Waals surface area contributed by atoms with Crippen LogP contribution in [0.15, 0.2) is 0 Å². The number of hydrogen-bond donors (Lipinski definition) is 4. The second-order valence-corrected chi connectivity index (χ2v) is 7.67. The molecule has 0 aliphatic heterocycles. The van der Waals surface area contributed by atoms with E-state index in [1.807, 2.05) is 0 Å². The predicted molar refractivity (Wildman–Crippen MR) is 95.3 cm³/mol. The summed E-state index contributed by atoms with van der Waals surface area (Å²) in [6.07, 6.45) is 6.14. The Labute approximate surface area is 151 Å². The summed E-state index contributed by atoms with van der Waals surface area (Å²) in [5, 5.41) is 40.1. The first-order valence-corrected chi connectivity index (χ1v) is 9.67. The quantitative estimate of drug-likeness (QED) is 0.376. The standard InChI is InChI=1S/C19H36O6/c1-3-4-5-7-10-19(2,24)18-14(15(20)12-16(18)21)9-6-8-11-25-13-17(22)23/h14-16,18,20-21,24H,3-13H2,1-2H3,(H,22,23). The summed E-state index contributed by atoms with van der Waals surface area (Å²) >= 11 is 0. The summed E-state index contributed by atoms with van der Waals surface area (Å²) in [6.45, 7) is 4.01. The van der Waals surface area contributed by atoms with E-state index in [0.717, 1.165) is 32.1 Å². The van der Waals surface area contributed by atoms with Gasteiger partial charge in [0.05, 0.1) is 17.8 Å². The normalized spacial score (nSPS) is 28.8. The highest BCUT2D eigenvalue weighted by molar-refractivity contribution is 5.67. The van der Waals surface area contributed by atoms with E-state index in [9.17, 15) is 20.1 Å². The third-order valence-electron chi connectivity index (χ3n) is 5.41. The molecule has 6 nitrogen and oxygen atoms in total. The van der Waals surface area contributed by atoms with E-state index >= 15 is 0 Å². The number of aliphatic carboxylic acids is 1. The SMILES string of the molecule is CCCCCCC(C)(O)C1C(O)CC(O)C1CCCCOCC(=O)O. The molecule has 5 unspecified atom stereocenters. The summed E-state index contributed by atoms with van der Waals surface area (Å²) in [5.41, 5.74) is -0.977. The fourth-order valence-electron chi connectivity index (χ4n) is 4.16. The second kappa shape index (κ2) is 11.1. The zero-order valence-electron chi connectivity index (χ0n) is 15.7. The summed E-state index contributed by atoms with van der Waals surface area (Å²) in [4.78, 5) is 10.4. The van der Waals surface area contributed by atoms with Crippen LogP contribution in [-0.4, -0.2) is 57.4 Å². The van der Waals surface area contributed by atoms with Gasteiger partial charge < -0.3 is 25.2 Å². The molecule has 0 heterocycles. The first kappa shape index (κ1) is 22.4. The van der Waals surface area contributed by atoms with Crippen molar-refractivity contribution >= 4 is 5.97 Å². The van der Waals surface area contributed by atoms with Crippen LogP contribution in [0.3, 0.4) is 0 Å². The van der Waals surface area contributed by atoms with Crippen molar-refractivity contribution in [2.75, 3.05) is 13.2 Å². The van der Waals surface area contributed by atoms with Crippen LogP contribution in [0.2, 0.25) is 0 Å². The van der Waals surface area contributed by atoms with Gasteiger partial charge in [-0.15, -0.1) is 0 Å². The van der Waals surface area contributed by atoms with Gasteiger partial charge in [-0.1, -0.05) is 39.0 Å². The fraction of sp³-hybridized carbons (Fsp3) is 0.947. The van der Waals surface area contributed by atoms with E-state index < -0.39 is 23.8 Å². The fourth-order valence-corrected chi connectivity index (χ4v) is 4.16. The Morgan fingerprint density at radius 3 is 2.48 bits per heavy atom. The minimum absolute atomic E-state index is 0.129. The van der Waals surface area contributed by atoms with Gasteiger partial charge in [0.15, 0.2) is 0 Å². The van der Waals surface area contributed by atoms with Gasteiger partial charge in [-0.3, -0.25) is 0 Å². The van der Waals surface area contributed by atoms with Crippen molar-refractivity contribution in [1.82, 2.24) is 0 Å². The molecule has 148 valence electrons. The number of unbranched alkanes of at least 4 members (excludes halogenated alkanes) is 4. The topological polar surface area (TPSA) is 107 Å². The number of carbonyl (C=O) groups is 1. The summed E-state index contributed by atoms with van der Waals surface area (Å²) in [6, 6.07) is 0. The van der Waals surface area contributed by atoms with E-state index in [1.54, 1.807) is 6.92 Å². The van der Waals surface area contributed by atoms with Crippen molar-refractivity contribution in [2.45, 2.75) is 89.4 Å². The van der Waals surface area contributed by atoms with E-state index in [4.69, 9.17) is 9.84 Å². The Balaban J connectivity index is 2.47. The highest BCUT2D eigenvalue weighted by Gasteiger charge is 2.49. The van der Waals surface area contributed by atoms with Gasteiger partial charge in [-0.05, 0) is 38.5 Å². The number of ether oxygens (including phenoxy) is 1. The molecule has 1 aliphatic carbocycles. The van der Waals surface area contributed by atoms with Gasteiger partial charge in [0, 0.05) is 12.5 Å². The monoisotopic (exact) mass is 360 g/mol. The van der Waals surface area contributed by atoms with Crippen molar-refractivity contribution in [3.63, 3.8) is 0 Å². The summed E-state index contributed by atoms with van der Waals surface area (Å²) in [5.74, 6) is -1.42. The molecular weight excluding hydrogens is 324 g/mol. The van der Waals surface area contributed by atoms with Crippen molar-refractivity contribution in [2.24, 2.45) is 11.8 Å². The van der Waals surface area contributed by atoms with Crippen LogP contribution in [0.1, 0.15) is 71.6 Å². The number of rotatable bonds is 13. The van der Waals surface area contributed by atoms with Crippen LogP contribution in [0, 0.1) is 11.8 Å². The van der Waals surface area contributed by atoms with Gasteiger partial charge in [-0.2, -0.15) is 0 Å². The molecule has 0 bridgehead atoms. The maximum Gasteiger partial charge on any atom is 0.329 e. The summed E-state index contributed by atoms with van der Waals surface area (Å²) in [7, 11) is 0. The molecular formula is C19H36O6. The molecule has 1 aliphatic rings. The first-order chi connectivity index (χ1) is 11.8. The van der Waals surface area contributed by atoms with Gasteiger partial charge in [0.25, 0.3) is 0 Å². The van der Waals surface area contributed by atoms with Crippen molar-refractivity contribution in [3.05, 3.63) is 0 Å². The Bertz CT molecular complexity index is 384. The van der Waals surface area contributed by atoms with Crippen LogP contribution < -0.4 is 0 Å². The van der Waals surface area contributed by atoms with Gasteiger partial charge >= 0.3 is 5.97 Å². The van der Waals surface area contributed by atoms with Crippen LogP contribution in [0.5, 0.6) is 0 Å². The number of aliphatic hydroxyl groups excluding tert-OH is 2. The summed E-state index contributed by atoms with van der Waals surface area (Å²) < 4.78 is 5.02. The lowest BCUT2D eigenvalue weighted by atomic mass is 9.75. The molecule has 0 spiro atoms. The van der Waals surface area contributed by atoms with E-state index in [1.165, 1.54) is 0 Å². The Hall–Kier alpha value is -0.690. The molecule has 1 rings (SSSR count). The molecule has 5 atom stereocenters. The number of carboxylic acid groups (broad SMARTS) is 1. The Morgan fingerprint density at radius 2 is 1.84 bits per heavy atom. The first-order valence-electron chi connectivity index (χ1n) is 9.67. The minimum Gasteiger partial charge on any atom is -0.480 e. The van der Waals surface area contributed by atoms with Crippen molar-refractivity contribution < 1.29 is 30.0 Å². The number of hydrogen-bond acceptors (Lipinski definition) is 5. The number of aliphatic hydroxyl groups is 3. The lowest BCUT2D eigenvalue weighted by molar-refractivity contribution is -0.142. The molecule has 4 N–H and O–H groups in total. The number of carboxylic acids is 1. The zero-order chi connectivity index (χ0) is 18.9. The van der Waals surface area contributed by atoms with E-state index in [0.29, 0.717) is 32.3 Å². The van der Waals surface area contributed by atoms with Crippen LogP contribution >= 0.6 is 0 Å². The molecule has 1 saturated carbocycles. The maximum atomic E-state index is 10.9. The molecule has 25 heavy (non-hydrogen) atoms. The molecule has 0 aromatic heterocycles. The Morgan fingerprint density at radius 1 is 1.12 bits per heavy atom. The highest BCUT2D eigenvalue weighted by atomic mass is 16.5. The maximum absolute atomic E-state index is 10.9. The predicted octanol–water partition coefficient (Wildman–Crippen LogP) is 2.34. The minimum atomic E-state index is -0.978. The highest BCUT2D eigenvalue weighted by Crippen LogP contribution is 2.44. The van der Waals surface area contributed by atoms with Gasteiger partial charge in [0.1, 0.15) is 6.61 Å². The average Bonchev–Trinajstić information content (AvgIpc) is 2.81. The van der Waals surface area contributed by atoms with Crippen LogP contribution in [0.25, 0.3) is 0 Å². The molecule has 0 aromatic rings. The van der Waals surface area contributed by atoms with E-state index in [-0.39, 0.29) is 18.4 Å². The molecule has 1 fully saturated rings. The van der Waals surface area contributed by atoms with Gasteiger partial charge in [0.2, 0.25) is 0 Å². The van der Waals surface area contributed by atoms with Crippen molar-refractivity contribution in [3.8, 4) is 0 Å². The third-order valence-corrected chi connectivity index (χ3v) is 5.41. The Kier molecular flexibility index (Phi) is 9.94. The lowest BCUT2D eigenvalue weighted by Gasteiger charge is -2.37. The second-order valence-electron chi connectivity index (χ2n) is 7.67. The lowest BCUT2D eigenvalue weighted by Crippen LogP contribution is -2.43. The zero-order valence-corrected chi connectivity index (χ0v) is 15.7. The molecule has 0 aromatic carbocycles. The third kappa shape index (κ3) is 7.60.